The number of hydrazone groups is 1. The highest BCUT2D eigenvalue weighted by molar-refractivity contribution is 7.14. The highest BCUT2D eigenvalue weighted by Crippen LogP contribution is 2.19. The van der Waals surface area contributed by atoms with Crippen LogP contribution in [0, 0.1) is 24.0 Å². The van der Waals surface area contributed by atoms with E-state index in [0.717, 1.165) is 9.75 Å². The monoisotopic (exact) mass is 317 g/mol. The number of hydrogen-bond acceptors (Lipinski definition) is 5. The van der Waals surface area contributed by atoms with Crippen molar-refractivity contribution in [3.05, 3.63) is 61.3 Å². The predicted octanol–water partition coefficient (Wildman–Crippen LogP) is 3.43. The van der Waals surface area contributed by atoms with Crippen LogP contribution in [-0.4, -0.2) is 16.5 Å². The van der Waals surface area contributed by atoms with Gasteiger partial charge >= 0.3 is 0 Å². The second-order valence-electron chi connectivity index (χ2n) is 4.81. The maximum atomic E-state index is 12.0. The molecule has 0 bridgehead atoms. The molecule has 2 aromatic rings. The smallest absolute Gasteiger partial charge is 0.267 e. The first-order chi connectivity index (χ1) is 10.4. The number of carbonyl (C=O) groups is 1. The second-order valence-corrected chi connectivity index (χ2v) is 6.09. The molecule has 1 heterocycles. The number of benzene rings is 1. The number of nitrogens with one attached hydrogen (secondary N) is 1. The van der Waals surface area contributed by atoms with Crippen molar-refractivity contribution in [1.82, 2.24) is 5.43 Å². The fourth-order valence-corrected chi connectivity index (χ4v) is 2.64. The number of hydrogen-bond donors (Lipinski definition) is 1. The number of thiophene rings is 1. The van der Waals surface area contributed by atoms with Crippen LogP contribution in [0.1, 0.15) is 32.6 Å². The fraction of sp³-hybridized carbons (Fsp3) is 0.200. The maximum Gasteiger partial charge on any atom is 0.273 e. The van der Waals surface area contributed by atoms with Crippen LogP contribution in [0.3, 0.4) is 0 Å². The van der Waals surface area contributed by atoms with Gasteiger partial charge in [-0.2, -0.15) is 5.10 Å². The van der Waals surface area contributed by atoms with Crippen LogP contribution in [-0.2, 0) is 0 Å². The average Bonchev–Trinajstić information content (AvgIpc) is 2.91. The molecule has 7 heteroatoms. The molecular weight excluding hydrogens is 302 g/mol. The van der Waals surface area contributed by atoms with Gasteiger partial charge in [0.05, 0.1) is 15.5 Å². The Morgan fingerprint density at radius 1 is 1.27 bits per heavy atom. The third-order valence-electron chi connectivity index (χ3n) is 3.09. The highest BCUT2D eigenvalue weighted by atomic mass is 32.1. The zero-order chi connectivity index (χ0) is 16.3. The van der Waals surface area contributed by atoms with E-state index >= 15 is 0 Å². The van der Waals surface area contributed by atoms with Gasteiger partial charge in [-0.15, -0.1) is 11.3 Å². The summed E-state index contributed by atoms with van der Waals surface area (Å²) >= 11 is 1.58. The standard InChI is InChI=1S/C15H15N3O3S/c1-9-4-6-12(8-13(9)18(20)21)15(19)17-16-11(3)14-7-5-10(2)22-14/h4-8H,1-3H3,(H,17,19)/b16-11+. The van der Waals surface area contributed by atoms with Crippen molar-refractivity contribution in [2.45, 2.75) is 20.8 Å². The number of nitro groups is 1. The van der Waals surface area contributed by atoms with Crippen LogP contribution in [0.15, 0.2) is 35.4 Å². The Kier molecular flexibility index (Phi) is 4.67. The molecule has 22 heavy (non-hydrogen) atoms. The summed E-state index contributed by atoms with van der Waals surface area (Å²) in [6.07, 6.45) is 0. The van der Waals surface area contributed by atoms with E-state index in [9.17, 15) is 14.9 Å². The summed E-state index contributed by atoms with van der Waals surface area (Å²) in [5.74, 6) is -0.476. The average molecular weight is 317 g/mol. The number of aryl methyl sites for hydroxylation is 2. The minimum absolute atomic E-state index is 0.0813. The van der Waals surface area contributed by atoms with Gasteiger partial charge in [0.25, 0.3) is 11.6 Å². The van der Waals surface area contributed by atoms with E-state index in [0.29, 0.717) is 11.3 Å². The normalized spacial score (nSPS) is 11.3. The van der Waals surface area contributed by atoms with E-state index in [4.69, 9.17) is 0 Å². The zero-order valence-corrected chi connectivity index (χ0v) is 13.2. The Balaban J connectivity index is 2.16. The Labute approximate surface area is 131 Å². The summed E-state index contributed by atoms with van der Waals surface area (Å²) in [6, 6.07) is 8.25. The van der Waals surface area contributed by atoms with E-state index in [-0.39, 0.29) is 11.3 Å². The van der Waals surface area contributed by atoms with Gasteiger partial charge in [-0.25, -0.2) is 5.43 Å². The molecule has 0 aliphatic heterocycles. The molecule has 0 atom stereocenters. The van der Waals surface area contributed by atoms with Crippen LogP contribution >= 0.6 is 11.3 Å². The third kappa shape index (κ3) is 3.56. The van der Waals surface area contributed by atoms with Crippen LogP contribution < -0.4 is 5.43 Å². The van der Waals surface area contributed by atoms with Gasteiger partial charge in [0, 0.05) is 22.1 Å². The van der Waals surface area contributed by atoms with Gasteiger partial charge in [-0.1, -0.05) is 6.07 Å². The number of nitrogens with zero attached hydrogens (tertiary/aromatic N) is 2. The van der Waals surface area contributed by atoms with Crippen LogP contribution in [0.2, 0.25) is 0 Å². The Morgan fingerprint density at radius 2 is 2.00 bits per heavy atom. The van der Waals surface area contributed by atoms with E-state index in [2.05, 4.69) is 10.5 Å². The first-order valence-corrected chi connectivity index (χ1v) is 7.36. The van der Waals surface area contributed by atoms with Crippen molar-refractivity contribution in [2.75, 3.05) is 0 Å². The molecule has 0 saturated carbocycles. The predicted molar refractivity (Wildman–Crippen MR) is 86.6 cm³/mol. The van der Waals surface area contributed by atoms with Crippen LogP contribution in [0.4, 0.5) is 5.69 Å². The van der Waals surface area contributed by atoms with Gasteiger partial charge in [0.15, 0.2) is 0 Å². The zero-order valence-electron chi connectivity index (χ0n) is 12.4. The first-order valence-electron chi connectivity index (χ1n) is 6.55. The lowest BCUT2D eigenvalue weighted by Crippen LogP contribution is -2.19. The van der Waals surface area contributed by atoms with E-state index in [1.807, 2.05) is 19.1 Å². The van der Waals surface area contributed by atoms with Crippen molar-refractivity contribution >= 4 is 28.6 Å². The molecule has 0 fully saturated rings. The van der Waals surface area contributed by atoms with Crippen molar-refractivity contribution in [3.8, 4) is 0 Å². The molecule has 1 amide bonds. The van der Waals surface area contributed by atoms with Crippen LogP contribution in [0.5, 0.6) is 0 Å². The summed E-state index contributed by atoms with van der Waals surface area (Å²) in [5, 5.41) is 14.9. The van der Waals surface area contributed by atoms with Gasteiger partial charge in [-0.3, -0.25) is 14.9 Å². The molecule has 0 aliphatic rings. The minimum atomic E-state index is -0.505. The maximum absolute atomic E-state index is 12.0. The molecule has 1 N–H and O–H groups in total. The molecule has 1 aromatic heterocycles. The molecule has 0 radical (unpaired) electrons. The van der Waals surface area contributed by atoms with Gasteiger partial charge in [-0.05, 0) is 39.0 Å². The Morgan fingerprint density at radius 3 is 2.59 bits per heavy atom. The molecule has 0 saturated heterocycles. The van der Waals surface area contributed by atoms with Crippen molar-refractivity contribution in [3.63, 3.8) is 0 Å². The molecule has 1 aromatic carbocycles. The van der Waals surface area contributed by atoms with Gasteiger partial charge < -0.3 is 0 Å². The lowest BCUT2D eigenvalue weighted by molar-refractivity contribution is -0.385. The van der Waals surface area contributed by atoms with Gasteiger partial charge in [0.1, 0.15) is 0 Å². The van der Waals surface area contributed by atoms with Crippen LogP contribution in [0.25, 0.3) is 0 Å². The topological polar surface area (TPSA) is 84.6 Å². The summed E-state index contributed by atoms with van der Waals surface area (Å²) in [7, 11) is 0. The quantitative estimate of drug-likeness (QED) is 0.532. The largest absolute Gasteiger partial charge is 0.273 e. The molecule has 6 nitrogen and oxygen atoms in total. The van der Waals surface area contributed by atoms with E-state index in [1.54, 1.807) is 31.3 Å². The summed E-state index contributed by atoms with van der Waals surface area (Å²) in [5.41, 5.74) is 3.75. The summed E-state index contributed by atoms with van der Waals surface area (Å²) < 4.78 is 0. The second kappa shape index (κ2) is 6.48. The number of carbonyl (C=O) groups excluding carboxylic acids is 1. The molecule has 0 spiro atoms. The fourth-order valence-electron chi connectivity index (χ4n) is 1.83. The third-order valence-corrected chi connectivity index (χ3v) is 4.20. The lowest BCUT2D eigenvalue weighted by Gasteiger charge is -2.03. The number of nitro benzene ring substituents is 1. The lowest BCUT2D eigenvalue weighted by atomic mass is 10.1. The Hall–Kier alpha value is -2.54. The van der Waals surface area contributed by atoms with E-state index < -0.39 is 10.8 Å². The summed E-state index contributed by atoms with van der Waals surface area (Å²) in [4.78, 5) is 24.6. The SMILES string of the molecule is C/C(=N\NC(=O)c1ccc(C)c([N+](=O)[O-])c1)c1ccc(C)s1. The number of rotatable bonds is 4. The molecule has 2 rings (SSSR count). The first kappa shape index (κ1) is 15.8. The molecule has 0 unspecified atom stereocenters. The molecule has 114 valence electrons. The number of amides is 1. The van der Waals surface area contributed by atoms with E-state index in [1.165, 1.54) is 12.1 Å². The highest BCUT2D eigenvalue weighted by Gasteiger charge is 2.14. The van der Waals surface area contributed by atoms with Gasteiger partial charge in [0.2, 0.25) is 0 Å². The van der Waals surface area contributed by atoms with Crippen molar-refractivity contribution < 1.29 is 9.72 Å². The van der Waals surface area contributed by atoms with Crippen molar-refractivity contribution in [2.24, 2.45) is 5.10 Å². The molecule has 0 aliphatic carbocycles. The minimum Gasteiger partial charge on any atom is -0.267 e. The molecular formula is C15H15N3O3S. The Bertz CT molecular complexity index is 765. The summed E-state index contributed by atoms with van der Waals surface area (Å²) in [6.45, 7) is 5.41. The van der Waals surface area contributed by atoms with Crippen molar-refractivity contribution in [1.29, 1.82) is 0 Å².